The lowest BCUT2D eigenvalue weighted by atomic mass is 9.99. The van der Waals surface area contributed by atoms with Gasteiger partial charge in [0.15, 0.2) is 5.82 Å². The normalized spacial score (nSPS) is 16.8. The third-order valence-corrected chi connectivity index (χ3v) is 4.91. The fourth-order valence-corrected chi connectivity index (χ4v) is 3.48. The summed E-state index contributed by atoms with van der Waals surface area (Å²) in [6.45, 7) is 4.36. The number of nitrogens with one attached hydrogen (secondary N) is 2. The number of aromatic nitrogens is 2. The highest BCUT2D eigenvalue weighted by Crippen LogP contribution is 2.21. The Morgan fingerprint density at radius 2 is 2.22 bits per heavy atom. The molecule has 2 aromatic heterocycles. The van der Waals surface area contributed by atoms with Gasteiger partial charge in [0, 0.05) is 33.0 Å². The average Bonchev–Trinajstić information content (AvgIpc) is 2.65. The number of aryl methyl sites for hydroxylation is 1. The Labute approximate surface area is 159 Å². The number of rotatable bonds is 5. The standard InChI is InChI=1S/C20H27N5O2/c1-14-8-11-25(13-15-6-4-9-21-12-15)20(27)17(14)19(26)23-16-7-5-10-22-18(16)24(2)3/h5,7-8,10-11,15,21H,4,6,9,12-13H2,1-3H3,(H,23,26). The lowest BCUT2D eigenvalue weighted by Crippen LogP contribution is -2.36. The summed E-state index contributed by atoms with van der Waals surface area (Å²) in [5, 5.41) is 6.22. The van der Waals surface area contributed by atoms with Crippen LogP contribution in [0.15, 0.2) is 35.4 Å². The van der Waals surface area contributed by atoms with Gasteiger partial charge in [0.1, 0.15) is 5.56 Å². The summed E-state index contributed by atoms with van der Waals surface area (Å²) in [4.78, 5) is 32.0. The zero-order valence-electron chi connectivity index (χ0n) is 16.2. The van der Waals surface area contributed by atoms with E-state index in [-0.39, 0.29) is 11.1 Å². The molecule has 2 aromatic rings. The predicted molar refractivity (Wildman–Crippen MR) is 108 cm³/mol. The second-order valence-corrected chi connectivity index (χ2v) is 7.27. The van der Waals surface area contributed by atoms with Crippen molar-refractivity contribution in [3.8, 4) is 0 Å². The van der Waals surface area contributed by atoms with Gasteiger partial charge in [-0.05, 0) is 62.5 Å². The molecule has 7 nitrogen and oxygen atoms in total. The number of pyridine rings is 2. The lowest BCUT2D eigenvalue weighted by molar-refractivity contribution is 0.102. The van der Waals surface area contributed by atoms with Gasteiger partial charge in [0.05, 0.1) is 5.69 Å². The molecule has 1 unspecified atom stereocenters. The number of carbonyl (C=O) groups excluding carboxylic acids is 1. The Morgan fingerprint density at radius 3 is 2.93 bits per heavy atom. The number of anilines is 2. The van der Waals surface area contributed by atoms with Gasteiger partial charge in [0.25, 0.3) is 11.5 Å². The van der Waals surface area contributed by atoms with Gasteiger partial charge >= 0.3 is 0 Å². The molecule has 1 amide bonds. The average molecular weight is 369 g/mol. The van der Waals surface area contributed by atoms with E-state index in [0.717, 1.165) is 25.9 Å². The summed E-state index contributed by atoms with van der Waals surface area (Å²) in [6.07, 6.45) is 5.67. The molecule has 0 aliphatic carbocycles. The van der Waals surface area contributed by atoms with E-state index in [1.165, 1.54) is 0 Å². The Balaban J connectivity index is 1.86. The minimum Gasteiger partial charge on any atom is -0.361 e. The fraction of sp³-hybridized carbons (Fsp3) is 0.450. The van der Waals surface area contributed by atoms with Crippen molar-refractivity contribution in [2.24, 2.45) is 5.92 Å². The summed E-state index contributed by atoms with van der Waals surface area (Å²) in [5.41, 5.74) is 1.20. The molecule has 7 heteroatoms. The second-order valence-electron chi connectivity index (χ2n) is 7.27. The number of amides is 1. The molecule has 27 heavy (non-hydrogen) atoms. The third-order valence-electron chi connectivity index (χ3n) is 4.91. The van der Waals surface area contributed by atoms with Crippen LogP contribution < -0.4 is 21.1 Å². The summed E-state index contributed by atoms with van der Waals surface area (Å²) in [7, 11) is 3.72. The molecule has 1 aliphatic rings. The van der Waals surface area contributed by atoms with E-state index in [2.05, 4.69) is 15.6 Å². The molecule has 1 atom stereocenters. The number of piperidine rings is 1. The van der Waals surface area contributed by atoms with Gasteiger partial charge in [-0.25, -0.2) is 4.98 Å². The molecular formula is C20H27N5O2. The minimum absolute atomic E-state index is 0.190. The third kappa shape index (κ3) is 4.36. The number of hydrogen-bond donors (Lipinski definition) is 2. The molecule has 1 aliphatic heterocycles. The molecule has 0 aromatic carbocycles. The molecule has 0 saturated carbocycles. The van der Waals surface area contributed by atoms with E-state index in [1.54, 1.807) is 36.0 Å². The molecule has 3 heterocycles. The molecule has 2 N–H and O–H groups in total. The van der Waals surface area contributed by atoms with Crippen molar-refractivity contribution in [3.63, 3.8) is 0 Å². The van der Waals surface area contributed by atoms with Gasteiger partial charge in [0.2, 0.25) is 0 Å². The van der Waals surface area contributed by atoms with E-state index < -0.39 is 5.91 Å². The first kappa shape index (κ1) is 19.1. The molecule has 1 fully saturated rings. The van der Waals surface area contributed by atoms with E-state index in [9.17, 15) is 9.59 Å². The number of nitrogens with zero attached hydrogens (tertiary/aromatic N) is 3. The first-order valence-electron chi connectivity index (χ1n) is 9.32. The minimum atomic E-state index is -0.398. The van der Waals surface area contributed by atoms with Crippen LogP contribution in [0.3, 0.4) is 0 Å². The van der Waals surface area contributed by atoms with Crippen LogP contribution in [0.4, 0.5) is 11.5 Å². The van der Waals surface area contributed by atoms with Crippen molar-refractivity contribution in [3.05, 3.63) is 52.1 Å². The van der Waals surface area contributed by atoms with Crippen LogP contribution in [0.25, 0.3) is 0 Å². The predicted octanol–water partition coefficient (Wildman–Crippen LogP) is 1.87. The van der Waals surface area contributed by atoms with Crippen molar-refractivity contribution in [1.29, 1.82) is 0 Å². The SMILES string of the molecule is Cc1ccn(CC2CCCNC2)c(=O)c1C(=O)Nc1cccnc1N(C)C. The van der Waals surface area contributed by atoms with Gasteiger partial charge in [-0.2, -0.15) is 0 Å². The fourth-order valence-electron chi connectivity index (χ4n) is 3.48. The van der Waals surface area contributed by atoms with Gasteiger partial charge in [-0.15, -0.1) is 0 Å². The first-order valence-corrected chi connectivity index (χ1v) is 9.32. The van der Waals surface area contributed by atoms with E-state index in [0.29, 0.717) is 29.5 Å². The van der Waals surface area contributed by atoms with E-state index >= 15 is 0 Å². The quantitative estimate of drug-likeness (QED) is 0.841. The first-order chi connectivity index (χ1) is 13.0. The van der Waals surface area contributed by atoms with Crippen LogP contribution >= 0.6 is 0 Å². The lowest BCUT2D eigenvalue weighted by Gasteiger charge is -2.23. The highest BCUT2D eigenvalue weighted by atomic mass is 16.2. The van der Waals surface area contributed by atoms with Crippen LogP contribution in [0.5, 0.6) is 0 Å². The molecule has 1 saturated heterocycles. The van der Waals surface area contributed by atoms with Gasteiger partial charge in [-0.1, -0.05) is 0 Å². The largest absolute Gasteiger partial charge is 0.361 e. The monoisotopic (exact) mass is 369 g/mol. The number of hydrogen-bond acceptors (Lipinski definition) is 5. The molecule has 0 bridgehead atoms. The highest BCUT2D eigenvalue weighted by molar-refractivity contribution is 6.06. The molecule has 144 valence electrons. The van der Waals surface area contributed by atoms with Crippen LogP contribution in [-0.4, -0.2) is 42.6 Å². The molecule has 0 spiro atoms. The molecule has 0 radical (unpaired) electrons. The molecule has 3 rings (SSSR count). The van der Waals surface area contributed by atoms with Crippen molar-refractivity contribution in [2.75, 3.05) is 37.4 Å². The summed E-state index contributed by atoms with van der Waals surface area (Å²) < 4.78 is 1.66. The van der Waals surface area contributed by atoms with Crippen molar-refractivity contribution < 1.29 is 4.79 Å². The highest BCUT2D eigenvalue weighted by Gasteiger charge is 2.20. The summed E-state index contributed by atoms with van der Waals surface area (Å²) >= 11 is 0. The van der Waals surface area contributed by atoms with Crippen LogP contribution in [0.2, 0.25) is 0 Å². The van der Waals surface area contributed by atoms with Crippen molar-refractivity contribution in [2.45, 2.75) is 26.3 Å². The zero-order chi connectivity index (χ0) is 19.4. The maximum Gasteiger partial charge on any atom is 0.263 e. The smallest absolute Gasteiger partial charge is 0.263 e. The Bertz CT molecular complexity index is 869. The van der Waals surface area contributed by atoms with Crippen LogP contribution in [0, 0.1) is 12.8 Å². The summed E-state index contributed by atoms with van der Waals surface area (Å²) in [5.74, 6) is 0.659. The topological polar surface area (TPSA) is 79.3 Å². The summed E-state index contributed by atoms with van der Waals surface area (Å²) in [6, 6.07) is 5.38. The Hall–Kier alpha value is -2.67. The Kier molecular flexibility index (Phi) is 5.91. The van der Waals surface area contributed by atoms with Crippen molar-refractivity contribution in [1.82, 2.24) is 14.9 Å². The zero-order valence-corrected chi connectivity index (χ0v) is 16.2. The maximum atomic E-state index is 13.0. The number of carbonyl (C=O) groups is 1. The van der Waals surface area contributed by atoms with E-state index in [4.69, 9.17) is 0 Å². The van der Waals surface area contributed by atoms with Gasteiger partial charge in [-0.3, -0.25) is 9.59 Å². The van der Waals surface area contributed by atoms with Crippen LogP contribution in [-0.2, 0) is 6.54 Å². The van der Waals surface area contributed by atoms with E-state index in [1.807, 2.05) is 25.1 Å². The second kappa shape index (κ2) is 8.35. The van der Waals surface area contributed by atoms with Crippen molar-refractivity contribution >= 4 is 17.4 Å². The van der Waals surface area contributed by atoms with Crippen LogP contribution in [0.1, 0.15) is 28.8 Å². The molecular weight excluding hydrogens is 342 g/mol. The maximum absolute atomic E-state index is 13.0. The Morgan fingerprint density at radius 1 is 1.41 bits per heavy atom. The van der Waals surface area contributed by atoms with Gasteiger partial charge < -0.3 is 20.1 Å².